The number of rotatable bonds is 7. The molecule has 2 heterocycles. The van der Waals surface area contributed by atoms with Gasteiger partial charge in [0.2, 0.25) is 5.91 Å². The number of hydrogen-bond donors (Lipinski definition) is 2. The summed E-state index contributed by atoms with van der Waals surface area (Å²) >= 11 is 2.95. The van der Waals surface area contributed by atoms with Crippen LogP contribution in [0.2, 0.25) is 0 Å². The minimum Gasteiger partial charge on any atom is -0.335 e. The highest BCUT2D eigenvalue weighted by atomic mass is 32.2. The van der Waals surface area contributed by atoms with Crippen molar-refractivity contribution in [2.24, 2.45) is 0 Å². The summed E-state index contributed by atoms with van der Waals surface area (Å²) in [6, 6.07) is 13.7. The van der Waals surface area contributed by atoms with Gasteiger partial charge in [0.1, 0.15) is 5.82 Å². The van der Waals surface area contributed by atoms with Crippen LogP contribution in [0.3, 0.4) is 0 Å². The van der Waals surface area contributed by atoms with E-state index < -0.39 is 6.03 Å². The zero-order valence-electron chi connectivity index (χ0n) is 17.1. The number of benzene rings is 1. The van der Waals surface area contributed by atoms with Crippen molar-refractivity contribution in [3.8, 4) is 5.69 Å². The Balaban J connectivity index is 1.40. The largest absolute Gasteiger partial charge is 0.335 e. The monoisotopic (exact) mass is 455 g/mol. The Morgan fingerprint density at radius 3 is 2.61 bits per heavy atom. The Morgan fingerprint density at radius 2 is 1.87 bits per heavy atom. The molecular formula is C22H25N5O2S2. The van der Waals surface area contributed by atoms with E-state index in [4.69, 9.17) is 0 Å². The lowest BCUT2D eigenvalue weighted by Crippen LogP contribution is -2.45. The van der Waals surface area contributed by atoms with Crippen LogP contribution in [0.15, 0.2) is 53.0 Å². The zero-order valence-corrected chi connectivity index (χ0v) is 18.8. The second-order valence-electron chi connectivity index (χ2n) is 7.47. The minimum absolute atomic E-state index is 0.0854. The van der Waals surface area contributed by atoms with Crippen LogP contribution in [0.25, 0.3) is 5.69 Å². The predicted molar refractivity (Wildman–Crippen MR) is 123 cm³/mol. The fourth-order valence-corrected chi connectivity index (χ4v) is 5.15. The third-order valence-electron chi connectivity index (χ3n) is 5.15. The summed E-state index contributed by atoms with van der Waals surface area (Å²) in [6.07, 6.45) is 6.07. The van der Waals surface area contributed by atoms with E-state index in [1.807, 2.05) is 46.3 Å². The lowest BCUT2D eigenvalue weighted by Gasteiger charge is -2.22. The first kappa shape index (κ1) is 21.6. The molecular weight excluding hydrogens is 430 g/mol. The number of carbonyl (C=O) groups is 2. The van der Waals surface area contributed by atoms with E-state index >= 15 is 0 Å². The third kappa shape index (κ3) is 5.95. The maximum Gasteiger partial charge on any atom is 0.321 e. The van der Waals surface area contributed by atoms with Gasteiger partial charge in [0.25, 0.3) is 0 Å². The Bertz CT molecular complexity index is 998. The van der Waals surface area contributed by atoms with Crippen molar-refractivity contribution in [1.29, 1.82) is 0 Å². The molecule has 3 amide bonds. The summed E-state index contributed by atoms with van der Waals surface area (Å²) in [5.41, 5.74) is 0.942. The molecule has 1 aromatic carbocycles. The van der Waals surface area contributed by atoms with E-state index in [9.17, 15) is 9.59 Å². The molecule has 1 aliphatic rings. The van der Waals surface area contributed by atoms with Gasteiger partial charge in [-0.05, 0) is 36.4 Å². The summed E-state index contributed by atoms with van der Waals surface area (Å²) < 4.78 is 1.97. The molecule has 9 heteroatoms. The Morgan fingerprint density at radius 1 is 1.06 bits per heavy atom. The van der Waals surface area contributed by atoms with Crippen LogP contribution in [0.5, 0.6) is 0 Å². The highest BCUT2D eigenvalue weighted by Gasteiger charge is 2.19. The molecule has 0 bridgehead atoms. The molecule has 0 atom stereocenters. The van der Waals surface area contributed by atoms with E-state index in [2.05, 4.69) is 26.9 Å². The molecule has 2 N–H and O–H groups in total. The van der Waals surface area contributed by atoms with Crippen molar-refractivity contribution in [2.45, 2.75) is 49.7 Å². The molecule has 0 saturated heterocycles. The number of thioether (sulfide) groups is 1. The topological polar surface area (TPSA) is 88.9 Å². The number of nitrogens with zero attached hydrogens (tertiary/aromatic N) is 3. The maximum absolute atomic E-state index is 12.3. The maximum atomic E-state index is 12.3. The number of para-hydroxylation sites is 1. The minimum atomic E-state index is -0.416. The van der Waals surface area contributed by atoms with Gasteiger partial charge < -0.3 is 5.32 Å². The van der Waals surface area contributed by atoms with Crippen molar-refractivity contribution in [3.63, 3.8) is 0 Å². The number of nitrogens with one attached hydrogen (secondary N) is 2. The van der Waals surface area contributed by atoms with Crippen LogP contribution in [-0.4, -0.2) is 38.5 Å². The SMILES string of the molecule is O=C(CSc1nnc(Cc2cccs2)n1-c1ccccc1)NC(=O)NC1CCCCC1. The smallest absolute Gasteiger partial charge is 0.321 e. The van der Waals surface area contributed by atoms with Crippen LogP contribution >= 0.6 is 23.1 Å². The molecule has 0 aliphatic heterocycles. The number of urea groups is 1. The molecule has 1 aliphatic carbocycles. The first-order chi connectivity index (χ1) is 15.2. The summed E-state index contributed by atoms with van der Waals surface area (Å²) in [5, 5.41) is 16.7. The van der Waals surface area contributed by atoms with E-state index in [0.29, 0.717) is 11.6 Å². The number of thiophene rings is 1. The molecule has 1 saturated carbocycles. The van der Waals surface area contributed by atoms with Crippen LogP contribution in [-0.2, 0) is 11.2 Å². The van der Waals surface area contributed by atoms with E-state index in [1.54, 1.807) is 11.3 Å². The summed E-state index contributed by atoms with van der Waals surface area (Å²) in [5.74, 6) is 0.550. The molecule has 0 unspecified atom stereocenters. The molecule has 1 fully saturated rings. The molecule has 2 aromatic heterocycles. The predicted octanol–water partition coefficient (Wildman–Crippen LogP) is 4.17. The third-order valence-corrected chi connectivity index (χ3v) is 6.96. The van der Waals surface area contributed by atoms with E-state index in [-0.39, 0.29) is 17.7 Å². The van der Waals surface area contributed by atoms with Gasteiger partial charge in [0, 0.05) is 23.0 Å². The van der Waals surface area contributed by atoms with Gasteiger partial charge in [-0.15, -0.1) is 21.5 Å². The molecule has 0 radical (unpaired) electrons. The molecule has 162 valence electrons. The number of carbonyl (C=O) groups excluding carboxylic acids is 2. The van der Waals surface area contributed by atoms with Gasteiger partial charge >= 0.3 is 6.03 Å². The van der Waals surface area contributed by atoms with Crippen LogP contribution in [0.4, 0.5) is 4.79 Å². The highest BCUT2D eigenvalue weighted by Crippen LogP contribution is 2.24. The lowest BCUT2D eigenvalue weighted by molar-refractivity contribution is -0.117. The van der Waals surface area contributed by atoms with E-state index in [0.717, 1.165) is 37.2 Å². The zero-order chi connectivity index (χ0) is 21.5. The second kappa shape index (κ2) is 10.6. The number of hydrogen-bond acceptors (Lipinski definition) is 6. The molecule has 3 aromatic rings. The summed E-state index contributed by atoms with van der Waals surface area (Å²) in [4.78, 5) is 25.6. The first-order valence-electron chi connectivity index (χ1n) is 10.4. The standard InChI is InChI=1S/C22H25N5O2S2/c28-20(24-21(29)23-16-8-3-1-4-9-16)15-31-22-26-25-19(14-18-12-7-13-30-18)27(22)17-10-5-2-6-11-17/h2,5-7,10-13,16H,1,3-4,8-9,14-15H2,(H2,23,24,28,29). The van der Waals surface area contributed by atoms with Gasteiger partial charge in [-0.2, -0.15) is 0 Å². The van der Waals surface area contributed by atoms with E-state index in [1.165, 1.54) is 23.1 Å². The number of imide groups is 1. The Labute approximate surface area is 189 Å². The Kier molecular flexibility index (Phi) is 7.37. The first-order valence-corrected chi connectivity index (χ1v) is 12.3. The summed E-state index contributed by atoms with van der Waals surface area (Å²) in [7, 11) is 0. The van der Waals surface area contributed by atoms with Crippen LogP contribution in [0, 0.1) is 0 Å². The average Bonchev–Trinajstić information content (AvgIpc) is 3.44. The molecule has 4 rings (SSSR count). The van der Waals surface area contributed by atoms with Gasteiger partial charge in [-0.1, -0.05) is 55.3 Å². The summed E-state index contributed by atoms with van der Waals surface area (Å²) in [6.45, 7) is 0. The molecule has 31 heavy (non-hydrogen) atoms. The second-order valence-corrected chi connectivity index (χ2v) is 9.45. The van der Waals surface area contributed by atoms with Gasteiger partial charge in [0.15, 0.2) is 5.16 Å². The van der Waals surface area contributed by atoms with Crippen molar-refractivity contribution in [3.05, 3.63) is 58.5 Å². The van der Waals surface area contributed by atoms with Crippen molar-refractivity contribution in [2.75, 3.05) is 5.75 Å². The Hall–Kier alpha value is -2.65. The lowest BCUT2D eigenvalue weighted by atomic mass is 9.96. The highest BCUT2D eigenvalue weighted by molar-refractivity contribution is 7.99. The van der Waals surface area contributed by atoms with Crippen molar-refractivity contribution in [1.82, 2.24) is 25.4 Å². The fourth-order valence-electron chi connectivity index (χ4n) is 3.67. The van der Waals surface area contributed by atoms with Crippen molar-refractivity contribution >= 4 is 35.0 Å². The van der Waals surface area contributed by atoms with Crippen molar-refractivity contribution < 1.29 is 9.59 Å². The fraction of sp³-hybridized carbons (Fsp3) is 0.364. The molecule has 7 nitrogen and oxygen atoms in total. The average molecular weight is 456 g/mol. The molecule has 0 spiro atoms. The van der Waals surface area contributed by atoms with Gasteiger partial charge in [0.05, 0.1) is 5.75 Å². The normalized spacial score (nSPS) is 14.3. The van der Waals surface area contributed by atoms with Crippen LogP contribution in [0.1, 0.15) is 42.8 Å². The van der Waals surface area contributed by atoms with Gasteiger partial charge in [-0.3, -0.25) is 14.7 Å². The van der Waals surface area contributed by atoms with Crippen LogP contribution < -0.4 is 10.6 Å². The van der Waals surface area contributed by atoms with Gasteiger partial charge in [-0.25, -0.2) is 4.79 Å². The number of amides is 3. The number of aromatic nitrogens is 3. The quantitative estimate of drug-likeness (QED) is 0.522.